The summed E-state index contributed by atoms with van der Waals surface area (Å²) < 4.78 is 28.2. The second-order valence-electron chi connectivity index (χ2n) is 6.54. The van der Waals surface area contributed by atoms with Gasteiger partial charge in [-0.05, 0) is 43.7 Å². The molecule has 0 bridgehead atoms. The zero-order valence-corrected chi connectivity index (χ0v) is 14.7. The number of nitrogens with one attached hydrogen (secondary N) is 2. The minimum absolute atomic E-state index is 0.158. The summed E-state index contributed by atoms with van der Waals surface area (Å²) in [5.41, 5.74) is 2.64. The lowest BCUT2D eigenvalue weighted by molar-refractivity contribution is -0.117. The summed E-state index contributed by atoms with van der Waals surface area (Å²) in [5, 5.41) is 9.59. The molecule has 1 saturated heterocycles. The first-order chi connectivity index (χ1) is 13.0. The average Bonchev–Trinajstić information content (AvgIpc) is 3.30. The highest BCUT2D eigenvalue weighted by Crippen LogP contribution is 2.30. The van der Waals surface area contributed by atoms with Gasteiger partial charge in [-0.3, -0.25) is 9.89 Å². The third-order valence-corrected chi connectivity index (χ3v) is 4.88. The molecule has 1 atom stereocenters. The van der Waals surface area contributed by atoms with E-state index in [4.69, 9.17) is 0 Å². The largest absolute Gasteiger partial charge is 0.373 e. The number of H-pyrrole nitrogens is 1. The molecule has 0 aliphatic carbocycles. The molecular weight excluding hydrogens is 350 g/mol. The lowest BCUT2D eigenvalue weighted by Crippen LogP contribution is -2.33. The molecular formula is C20H18F2N4O. The summed E-state index contributed by atoms with van der Waals surface area (Å²) in [6.07, 6.45) is 3.71. The van der Waals surface area contributed by atoms with Gasteiger partial charge >= 0.3 is 0 Å². The van der Waals surface area contributed by atoms with Gasteiger partial charge in [-0.1, -0.05) is 6.07 Å². The molecule has 27 heavy (non-hydrogen) atoms. The van der Waals surface area contributed by atoms with Crippen LogP contribution in [0.3, 0.4) is 0 Å². The van der Waals surface area contributed by atoms with E-state index < -0.39 is 11.9 Å². The number of rotatable bonds is 4. The van der Waals surface area contributed by atoms with Crippen molar-refractivity contribution >= 4 is 17.3 Å². The second kappa shape index (κ2) is 6.83. The zero-order valence-electron chi connectivity index (χ0n) is 14.7. The molecule has 0 spiro atoms. The number of halogens is 2. The summed E-state index contributed by atoms with van der Waals surface area (Å²) in [5.74, 6) is -0.896. The molecule has 1 unspecified atom stereocenters. The SMILES string of the molecule is Cc1c(F)cccc1NC1CCN(c2ccc(-c3cn[nH]c3)c(F)c2)C1=O. The molecule has 2 aromatic carbocycles. The highest BCUT2D eigenvalue weighted by molar-refractivity contribution is 6.01. The molecule has 1 fully saturated rings. The maximum absolute atomic E-state index is 14.5. The molecule has 1 aliphatic heterocycles. The Morgan fingerprint density at radius 2 is 2.07 bits per heavy atom. The predicted octanol–water partition coefficient (Wildman–Crippen LogP) is 3.88. The quantitative estimate of drug-likeness (QED) is 0.735. The Morgan fingerprint density at radius 1 is 1.22 bits per heavy atom. The van der Waals surface area contributed by atoms with Crippen molar-refractivity contribution in [3.63, 3.8) is 0 Å². The molecule has 138 valence electrons. The molecule has 0 saturated carbocycles. The number of hydrogen-bond donors (Lipinski definition) is 2. The molecule has 1 aliphatic rings. The molecule has 7 heteroatoms. The first-order valence-corrected chi connectivity index (χ1v) is 8.66. The maximum atomic E-state index is 14.5. The summed E-state index contributed by atoms with van der Waals surface area (Å²) in [6, 6.07) is 8.98. The van der Waals surface area contributed by atoms with E-state index in [1.807, 2.05) is 0 Å². The number of carbonyl (C=O) groups is 1. The van der Waals surface area contributed by atoms with Crippen molar-refractivity contribution in [1.82, 2.24) is 10.2 Å². The van der Waals surface area contributed by atoms with Crippen LogP contribution in [0.2, 0.25) is 0 Å². The minimum atomic E-state index is -0.470. The van der Waals surface area contributed by atoms with Gasteiger partial charge < -0.3 is 10.2 Å². The van der Waals surface area contributed by atoms with Gasteiger partial charge in [0.05, 0.1) is 6.20 Å². The predicted molar refractivity (Wildman–Crippen MR) is 99.5 cm³/mol. The van der Waals surface area contributed by atoms with Gasteiger partial charge in [-0.2, -0.15) is 5.10 Å². The van der Waals surface area contributed by atoms with Crippen LogP contribution in [0.1, 0.15) is 12.0 Å². The second-order valence-corrected chi connectivity index (χ2v) is 6.54. The number of aromatic amines is 1. The first-order valence-electron chi connectivity index (χ1n) is 8.66. The summed E-state index contributed by atoms with van der Waals surface area (Å²) in [4.78, 5) is 14.3. The third kappa shape index (κ3) is 3.16. The summed E-state index contributed by atoms with van der Waals surface area (Å²) in [7, 11) is 0. The molecule has 3 aromatic rings. The Bertz CT molecular complexity index is 988. The fraction of sp³-hybridized carbons (Fsp3) is 0.200. The number of amides is 1. The van der Waals surface area contributed by atoms with Crippen molar-refractivity contribution in [2.45, 2.75) is 19.4 Å². The van der Waals surface area contributed by atoms with E-state index in [2.05, 4.69) is 15.5 Å². The Balaban J connectivity index is 1.53. The van der Waals surface area contributed by atoms with E-state index in [1.54, 1.807) is 48.5 Å². The molecule has 5 nitrogen and oxygen atoms in total. The maximum Gasteiger partial charge on any atom is 0.249 e. The third-order valence-electron chi connectivity index (χ3n) is 4.88. The normalized spacial score (nSPS) is 16.8. The Morgan fingerprint density at radius 3 is 2.81 bits per heavy atom. The van der Waals surface area contributed by atoms with Gasteiger partial charge in [0.15, 0.2) is 0 Å². The van der Waals surface area contributed by atoms with Gasteiger partial charge in [-0.15, -0.1) is 0 Å². The summed E-state index contributed by atoms with van der Waals surface area (Å²) in [6.45, 7) is 2.13. The number of carbonyl (C=O) groups excluding carboxylic acids is 1. The van der Waals surface area contributed by atoms with Crippen LogP contribution in [-0.4, -0.2) is 28.7 Å². The molecule has 1 aromatic heterocycles. The van der Waals surface area contributed by atoms with E-state index in [0.29, 0.717) is 41.0 Å². The fourth-order valence-electron chi connectivity index (χ4n) is 3.33. The monoisotopic (exact) mass is 368 g/mol. The highest BCUT2D eigenvalue weighted by Gasteiger charge is 2.33. The van der Waals surface area contributed by atoms with Crippen LogP contribution in [0.5, 0.6) is 0 Å². The molecule has 4 rings (SSSR count). The van der Waals surface area contributed by atoms with Crippen LogP contribution in [-0.2, 0) is 4.79 Å². The Hall–Kier alpha value is -3.22. The van der Waals surface area contributed by atoms with E-state index in [-0.39, 0.29) is 11.7 Å². The number of anilines is 2. The van der Waals surface area contributed by atoms with Gasteiger partial charge in [0.25, 0.3) is 0 Å². The topological polar surface area (TPSA) is 61.0 Å². The number of nitrogens with zero attached hydrogens (tertiary/aromatic N) is 2. The van der Waals surface area contributed by atoms with Crippen molar-refractivity contribution in [3.05, 3.63) is 66.0 Å². The van der Waals surface area contributed by atoms with E-state index in [9.17, 15) is 13.6 Å². The lowest BCUT2D eigenvalue weighted by atomic mass is 10.1. The Kier molecular flexibility index (Phi) is 4.35. The van der Waals surface area contributed by atoms with Gasteiger partial charge in [0.2, 0.25) is 5.91 Å². The van der Waals surface area contributed by atoms with Crippen LogP contribution in [0, 0.1) is 18.6 Å². The molecule has 2 heterocycles. The minimum Gasteiger partial charge on any atom is -0.373 e. The molecule has 1 amide bonds. The van der Waals surface area contributed by atoms with Gasteiger partial charge in [-0.25, -0.2) is 8.78 Å². The van der Waals surface area contributed by atoms with Crippen molar-refractivity contribution in [1.29, 1.82) is 0 Å². The van der Waals surface area contributed by atoms with Crippen LogP contribution in [0.4, 0.5) is 20.2 Å². The molecule has 2 N–H and O–H groups in total. The van der Waals surface area contributed by atoms with E-state index in [1.165, 1.54) is 12.1 Å². The highest BCUT2D eigenvalue weighted by atomic mass is 19.1. The van der Waals surface area contributed by atoms with Crippen molar-refractivity contribution < 1.29 is 13.6 Å². The standard InChI is InChI=1S/C20H18F2N4O/c1-12-16(21)3-2-4-18(12)25-19-7-8-26(20(19)27)14-5-6-15(17(22)9-14)13-10-23-24-11-13/h2-6,9-11,19,25H,7-8H2,1H3,(H,23,24). The van der Waals surface area contributed by atoms with E-state index in [0.717, 1.165) is 0 Å². The van der Waals surface area contributed by atoms with Crippen molar-refractivity contribution in [2.24, 2.45) is 0 Å². The first kappa shape index (κ1) is 17.2. The van der Waals surface area contributed by atoms with E-state index >= 15 is 0 Å². The lowest BCUT2D eigenvalue weighted by Gasteiger charge is -2.19. The van der Waals surface area contributed by atoms with Gasteiger partial charge in [0, 0.05) is 40.8 Å². The van der Waals surface area contributed by atoms with Crippen LogP contribution in [0.25, 0.3) is 11.1 Å². The van der Waals surface area contributed by atoms with Crippen molar-refractivity contribution in [3.8, 4) is 11.1 Å². The average molecular weight is 368 g/mol. The zero-order chi connectivity index (χ0) is 19.0. The number of hydrogen-bond acceptors (Lipinski definition) is 3. The van der Waals surface area contributed by atoms with Gasteiger partial charge in [0.1, 0.15) is 17.7 Å². The summed E-state index contributed by atoms with van der Waals surface area (Å²) >= 11 is 0. The number of benzene rings is 2. The molecule has 0 radical (unpaired) electrons. The van der Waals surface area contributed by atoms with Crippen LogP contribution < -0.4 is 10.2 Å². The fourth-order valence-corrected chi connectivity index (χ4v) is 3.33. The number of aromatic nitrogens is 2. The van der Waals surface area contributed by atoms with Crippen molar-refractivity contribution in [2.75, 3.05) is 16.8 Å². The van der Waals surface area contributed by atoms with Crippen LogP contribution in [0.15, 0.2) is 48.8 Å². The smallest absolute Gasteiger partial charge is 0.249 e. The Labute approximate surface area is 155 Å². The van der Waals surface area contributed by atoms with Crippen LogP contribution >= 0.6 is 0 Å².